The quantitative estimate of drug-likeness (QED) is 0.441. The fourth-order valence-corrected chi connectivity index (χ4v) is 1.28. The Morgan fingerprint density at radius 1 is 1.40 bits per heavy atom. The van der Waals surface area contributed by atoms with E-state index in [2.05, 4.69) is 4.89 Å². The number of hydrogen-bond acceptors (Lipinski definition) is 4. The van der Waals surface area contributed by atoms with Crippen LogP contribution in [-0.4, -0.2) is 24.3 Å². The van der Waals surface area contributed by atoms with E-state index in [0.29, 0.717) is 18.8 Å². The zero-order chi connectivity index (χ0) is 11.1. The summed E-state index contributed by atoms with van der Waals surface area (Å²) in [6.45, 7) is 2.36. The van der Waals surface area contributed by atoms with Crippen molar-refractivity contribution in [3.8, 4) is 5.75 Å². The van der Waals surface area contributed by atoms with Crippen molar-refractivity contribution in [2.45, 2.75) is 19.4 Å². The molecule has 0 spiro atoms. The first-order chi connectivity index (χ1) is 7.30. The van der Waals surface area contributed by atoms with Crippen molar-refractivity contribution in [3.63, 3.8) is 0 Å². The van der Waals surface area contributed by atoms with Gasteiger partial charge in [0.2, 0.25) is 0 Å². The van der Waals surface area contributed by atoms with Crippen LogP contribution in [0.15, 0.2) is 24.3 Å². The van der Waals surface area contributed by atoms with Gasteiger partial charge in [-0.2, -0.15) is 0 Å². The van der Waals surface area contributed by atoms with Crippen molar-refractivity contribution in [2.24, 2.45) is 0 Å². The number of hydrogen-bond donors (Lipinski definition) is 1. The lowest BCUT2D eigenvalue weighted by Gasteiger charge is -2.10. The number of carbonyl (C=O) groups is 1. The smallest absolute Gasteiger partial charge is 0.165 e. The van der Waals surface area contributed by atoms with Gasteiger partial charge in [-0.3, -0.25) is 0 Å². The standard InChI is InChI=1S/C11H14O4/c1-2-14-11(8-12)7-9-3-5-10(15-13)6-4-9/h3-6,8,11,13H,2,7H2,1H3/t11-/m0/s1. The molecule has 1 aromatic rings. The van der Waals surface area contributed by atoms with Crippen LogP contribution in [0.2, 0.25) is 0 Å². The van der Waals surface area contributed by atoms with Gasteiger partial charge in [0, 0.05) is 13.0 Å². The topological polar surface area (TPSA) is 55.8 Å². The van der Waals surface area contributed by atoms with Gasteiger partial charge in [0.25, 0.3) is 0 Å². The average molecular weight is 210 g/mol. The van der Waals surface area contributed by atoms with Crippen molar-refractivity contribution in [2.75, 3.05) is 6.61 Å². The number of benzene rings is 1. The highest BCUT2D eigenvalue weighted by atomic mass is 17.1. The van der Waals surface area contributed by atoms with Crippen LogP contribution in [0.3, 0.4) is 0 Å². The summed E-state index contributed by atoms with van der Waals surface area (Å²) >= 11 is 0. The second kappa shape index (κ2) is 6.16. The first-order valence-electron chi connectivity index (χ1n) is 4.77. The zero-order valence-electron chi connectivity index (χ0n) is 8.55. The van der Waals surface area contributed by atoms with E-state index < -0.39 is 6.10 Å². The summed E-state index contributed by atoms with van der Waals surface area (Å²) in [6, 6.07) is 6.81. The molecular formula is C11H14O4. The zero-order valence-corrected chi connectivity index (χ0v) is 8.55. The maximum atomic E-state index is 10.6. The molecule has 1 aromatic carbocycles. The fraction of sp³-hybridized carbons (Fsp3) is 0.364. The van der Waals surface area contributed by atoms with Gasteiger partial charge in [-0.25, -0.2) is 5.26 Å². The average Bonchev–Trinajstić information content (AvgIpc) is 2.29. The van der Waals surface area contributed by atoms with E-state index in [4.69, 9.17) is 9.99 Å². The summed E-state index contributed by atoms with van der Waals surface area (Å²) in [6.07, 6.45) is 0.916. The van der Waals surface area contributed by atoms with Crippen molar-refractivity contribution in [1.82, 2.24) is 0 Å². The van der Waals surface area contributed by atoms with E-state index in [1.807, 2.05) is 6.92 Å². The molecule has 1 N–H and O–H groups in total. The highest BCUT2D eigenvalue weighted by Crippen LogP contribution is 2.12. The summed E-state index contributed by atoms with van der Waals surface area (Å²) in [4.78, 5) is 14.7. The normalized spacial score (nSPS) is 12.1. The Hall–Kier alpha value is -1.39. The highest BCUT2D eigenvalue weighted by molar-refractivity contribution is 5.56. The number of carbonyl (C=O) groups excluding carboxylic acids is 1. The molecule has 1 atom stereocenters. The third-order valence-corrected chi connectivity index (χ3v) is 2.00. The number of aldehydes is 1. The Morgan fingerprint density at radius 2 is 2.07 bits per heavy atom. The minimum atomic E-state index is -0.407. The third-order valence-electron chi connectivity index (χ3n) is 2.00. The molecule has 0 heterocycles. The van der Waals surface area contributed by atoms with E-state index in [-0.39, 0.29) is 0 Å². The Balaban J connectivity index is 2.58. The molecule has 0 radical (unpaired) electrons. The molecule has 0 fully saturated rings. The molecule has 82 valence electrons. The van der Waals surface area contributed by atoms with E-state index >= 15 is 0 Å². The van der Waals surface area contributed by atoms with Crippen molar-refractivity contribution in [1.29, 1.82) is 0 Å². The van der Waals surface area contributed by atoms with E-state index in [9.17, 15) is 4.79 Å². The maximum Gasteiger partial charge on any atom is 0.165 e. The Morgan fingerprint density at radius 3 is 2.53 bits per heavy atom. The van der Waals surface area contributed by atoms with Gasteiger partial charge in [0.1, 0.15) is 12.4 Å². The predicted octanol–water partition coefficient (Wildman–Crippen LogP) is 1.68. The molecule has 0 saturated carbocycles. The Kier molecular flexibility index (Phi) is 4.80. The second-order valence-corrected chi connectivity index (χ2v) is 3.07. The Labute approximate surface area is 88.4 Å². The fourth-order valence-electron chi connectivity index (χ4n) is 1.28. The number of rotatable bonds is 6. The van der Waals surface area contributed by atoms with Crippen LogP contribution in [0.5, 0.6) is 5.75 Å². The van der Waals surface area contributed by atoms with Crippen LogP contribution in [0.25, 0.3) is 0 Å². The van der Waals surface area contributed by atoms with Gasteiger partial charge in [-0.05, 0) is 24.6 Å². The second-order valence-electron chi connectivity index (χ2n) is 3.07. The first kappa shape index (κ1) is 11.7. The molecule has 4 nitrogen and oxygen atoms in total. The van der Waals surface area contributed by atoms with Gasteiger partial charge in [0.05, 0.1) is 0 Å². The molecule has 0 bridgehead atoms. The van der Waals surface area contributed by atoms with Crippen LogP contribution in [0.4, 0.5) is 0 Å². The van der Waals surface area contributed by atoms with Gasteiger partial charge >= 0.3 is 0 Å². The summed E-state index contributed by atoms with van der Waals surface area (Å²) in [7, 11) is 0. The summed E-state index contributed by atoms with van der Waals surface area (Å²) < 4.78 is 5.20. The molecule has 0 aromatic heterocycles. The third kappa shape index (κ3) is 3.69. The minimum Gasteiger partial charge on any atom is -0.371 e. The Bertz CT molecular complexity index is 294. The lowest BCUT2D eigenvalue weighted by molar-refractivity contribution is -0.137. The van der Waals surface area contributed by atoms with Crippen LogP contribution < -0.4 is 4.89 Å². The molecule has 0 aliphatic carbocycles. The van der Waals surface area contributed by atoms with Crippen molar-refractivity contribution < 1.29 is 19.7 Å². The molecule has 0 aliphatic heterocycles. The van der Waals surface area contributed by atoms with E-state index in [1.54, 1.807) is 24.3 Å². The van der Waals surface area contributed by atoms with Gasteiger partial charge < -0.3 is 14.4 Å². The van der Waals surface area contributed by atoms with Crippen molar-refractivity contribution >= 4 is 6.29 Å². The van der Waals surface area contributed by atoms with Gasteiger partial charge in [0.15, 0.2) is 5.75 Å². The minimum absolute atomic E-state index is 0.373. The van der Waals surface area contributed by atoms with E-state index in [1.165, 1.54) is 0 Å². The highest BCUT2D eigenvalue weighted by Gasteiger charge is 2.07. The largest absolute Gasteiger partial charge is 0.371 e. The summed E-state index contributed by atoms with van der Waals surface area (Å²) in [5, 5.41) is 8.36. The SMILES string of the molecule is CCO[C@H](C=O)Cc1ccc(OO)cc1. The maximum absolute atomic E-state index is 10.6. The van der Waals surface area contributed by atoms with Crippen molar-refractivity contribution in [3.05, 3.63) is 29.8 Å². The molecule has 0 saturated heterocycles. The molecule has 0 amide bonds. The van der Waals surface area contributed by atoms with Crippen LogP contribution >= 0.6 is 0 Å². The molecule has 4 heteroatoms. The van der Waals surface area contributed by atoms with Gasteiger partial charge in [-0.15, -0.1) is 0 Å². The predicted molar refractivity (Wildman–Crippen MR) is 54.9 cm³/mol. The molecule has 15 heavy (non-hydrogen) atoms. The number of ether oxygens (including phenoxy) is 1. The molecule has 0 unspecified atom stereocenters. The molecular weight excluding hydrogens is 196 g/mol. The first-order valence-corrected chi connectivity index (χ1v) is 4.77. The monoisotopic (exact) mass is 210 g/mol. The summed E-state index contributed by atoms with van der Waals surface area (Å²) in [5.74, 6) is 0.373. The lowest BCUT2D eigenvalue weighted by Crippen LogP contribution is -2.17. The van der Waals surface area contributed by atoms with Gasteiger partial charge in [-0.1, -0.05) is 12.1 Å². The lowest BCUT2D eigenvalue weighted by atomic mass is 10.1. The molecule has 1 rings (SSSR count). The molecule has 0 aliphatic rings. The van der Waals surface area contributed by atoms with Crippen LogP contribution in [0, 0.1) is 0 Å². The van der Waals surface area contributed by atoms with Crippen LogP contribution in [0.1, 0.15) is 12.5 Å². The van der Waals surface area contributed by atoms with E-state index in [0.717, 1.165) is 11.8 Å². The summed E-state index contributed by atoms with van der Waals surface area (Å²) in [5.41, 5.74) is 0.960. The van der Waals surface area contributed by atoms with Crippen LogP contribution in [-0.2, 0) is 16.0 Å².